The summed E-state index contributed by atoms with van der Waals surface area (Å²) in [7, 11) is 2.04. The Hall–Kier alpha value is -0.870. The molecule has 0 spiro atoms. The summed E-state index contributed by atoms with van der Waals surface area (Å²) in [5.41, 5.74) is 7.85. The van der Waals surface area contributed by atoms with Crippen LogP contribution in [0.15, 0.2) is 22.7 Å². The molecule has 0 fully saturated rings. The molecule has 0 aliphatic heterocycles. The van der Waals surface area contributed by atoms with Gasteiger partial charge in [-0.2, -0.15) is 0 Å². The molecule has 0 aliphatic carbocycles. The highest BCUT2D eigenvalue weighted by Crippen LogP contribution is 2.26. The van der Waals surface area contributed by atoms with E-state index in [1.54, 1.807) is 0 Å². The minimum absolute atomic E-state index is 0.0970. The first-order valence-electron chi connectivity index (χ1n) is 5.28. The maximum atomic E-state index is 5.80. The van der Waals surface area contributed by atoms with Gasteiger partial charge in [-0.05, 0) is 18.2 Å². The SMILES string of the molecule is Cn1c(C(C)(C)CN)nc2ccc(Br)cc21. The van der Waals surface area contributed by atoms with Crippen molar-refractivity contribution < 1.29 is 0 Å². The average Bonchev–Trinajstić information content (AvgIpc) is 2.57. The van der Waals surface area contributed by atoms with Crippen LogP contribution in [0.25, 0.3) is 11.0 Å². The maximum absolute atomic E-state index is 5.80. The van der Waals surface area contributed by atoms with Crippen molar-refractivity contribution in [2.45, 2.75) is 19.3 Å². The largest absolute Gasteiger partial charge is 0.331 e. The van der Waals surface area contributed by atoms with Gasteiger partial charge in [0, 0.05) is 23.5 Å². The molecule has 0 aliphatic rings. The Labute approximate surface area is 104 Å². The number of aryl methyl sites for hydroxylation is 1. The Bertz CT molecular complexity index is 528. The van der Waals surface area contributed by atoms with Gasteiger partial charge in [0.2, 0.25) is 0 Å². The molecule has 16 heavy (non-hydrogen) atoms. The van der Waals surface area contributed by atoms with Crippen LogP contribution in [-0.4, -0.2) is 16.1 Å². The number of halogens is 1. The van der Waals surface area contributed by atoms with E-state index in [-0.39, 0.29) is 5.41 Å². The summed E-state index contributed by atoms with van der Waals surface area (Å²) in [6.45, 7) is 4.82. The molecule has 0 unspecified atom stereocenters. The van der Waals surface area contributed by atoms with Crippen molar-refractivity contribution >= 4 is 27.0 Å². The number of hydrogen-bond donors (Lipinski definition) is 1. The van der Waals surface area contributed by atoms with Gasteiger partial charge in [-0.3, -0.25) is 0 Å². The maximum Gasteiger partial charge on any atom is 0.116 e. The highest BCUT2D eigenvalue weighted by Gasteiger charge is 2.24. The van der Waals surface area contributed by atoms with Gasteiger partial charge < -0.3 is 10.3 Å². The van der Waals surface area contributed by atoms with Crippen LogP contribution in [0.2, 0.25) is 0 Å². The van der Waals surface area contributed by atoms with Crippen molar-refractivity contribution in [3.05, 3.63) is 28.5 Å². The third-order valence-corrected chi connectivity index (χ3v) is 3.45. The van der Waals surface area contributed by atoms with Crippen LogP contribution >= 0.6 is 15.9 Å². The number of nitrogens with zero attached hydrogens (tertiary/aromatic N) is 2. The number of nitrogens with two attached hydrogens (primary N) is 1. The molecule has 2 aromatic rings. The van der Waals surface area contributed by atoms with E-state index in [9.17, 15) is 0 Å². The molecule has 0 amide bonds. The van der Waals surface area contributed by atoms with E-state index in [1.807, 2.05) is 19.2 Å². The minimum Gasteiger partial charge on any atom is -0.331 e. The normalized spacial score (nSPS) is 12.3. The second-order valence-electron chi connectivity index (χ2n) is 4.72. The molecular formula is C12H16BrN3. The van der Waals surface area contributed by atoms with E-state index >= 15 is 0 Å². The van der Waals surface area contributed by atoms with Crippen LogP contribution in [0.5, 0.6) is 0 Å². The van der Waals surface area contributed by atoms with Crippen LogP contribution in [0.1, 0.15) is 19.7 Å². The summed E-state index contributed by atoms with van der Waals surface area (Å²) < 4.78 is 3.19. The Kier molecular flexibility index (Phi) is 2.80. The fraction of sp³-hybridized carbons (Fsp3) is 0.417. The third-order valence-electron chi connectivity index (χ3n) is 2.96. The lowest BCUT2D eigenvalue weighted by atomic mass is 9.93. The van der Waals surface area contributed by atoms with Crippen LogP contribution in [0, 0.1) is 0 Å². The zero-order valence-corrected chi connectivity index (χ0v) is 11.4. The minimum atomic E-state index is -0.0970. The molecule has 0 saturated heterocycles. The number of aromatic nitrogens is 2. The molecule has 2 N–H and O–H groups in total. The van der Waals surface area contributed by atoms with Crippen molar-refractivity contribution in [3.8, 4) is 0 Å². The Morgan fingerprint density at radius 1 is 1.44 bits per heavy atom. The first-order valence-corrected chi connectivity index (χ1v) is 6.07. The lowest BCUT2D eigenvalue weighted by Crippen LogP contribution is -2.31. The fourth-order valence-electron chi connectivity index (χ4n) is 1.86. The number of hydrogen-bond acceptors (Lipinski definition) is 2. The van der Waals surface area contributed by atoms with Crippen LogP contribution in [0.3, 0.4) is 0 Å². The zero-order chi connectivity index (χ0) is 11.9. The van der Waals surface area contributed by atoms with E-state index in [0.29, 0.717) is 6.54 Å². The summed E-state index contributed by atoms with van der Waals surface area (Å²) in [6.07, 6.45) is 0. The van der Waals surface area contributed by atoms with Gasteiger partial charge in [0.25, 0.3) is 0 Å². The van der Waals surface area contributed by atoms with E-state index in [2.05, 4.69) is 45.4 Å². The summed E-state index contributed by atoms with van der Waals surface area (Å²) >= 11 is 3.48. The van der Waals surface area contributed by atoms with E-state index in [4.69, 9.17) is 5.73 Å². The number of benzene rings is 1. The second kappa shape index (κ2) is 3.86. The molecule has 2 rings (SSSR count). The van der Waals surface area contributed by atoms with Crippen molar-refractivity contribution in [1.82, 2.24) is 9.55 Å². The van der Waals surface area contributed by atoms with E-state index in [1.165, 1.54) is 0 Å². The van der Waals surface area contributed by atoms with Gasteiger partial charge >= 0.3 is 0 Å². The van der Waals surface area contributed by atoms with Crippen molar-refractivity contribution in [1.29, 1.82) is 0 Å². The predicted molar refractivity (Wildman–Crippen MR) is 70.5 cm³/mol. The summed E-state index contributed by atoms with van der Waals surface area (Å²) in [4.78, 5) is 4.66. The third kappa shape index (κ3) is 1.76. The number of rotatable bonds is 2. The van der Waals surface area contributed by atoms with Gasteiger partial charge in [-0.1, -0.05) is 29.8 Å². The molecule has 0 bridgehead atoms. The molecule has 1 aromatic carbocycles. The first-order chi connectivity index (χ1) is 7.45. The van der Waals surface area contributed by atoms with Gasteiger partial charge in [0.1, 0.15) is 5.82 Å². The van der Waals surface area contributed by atoms with Crippen LogP contribution in [-0.2, 0) is 12.5 Å². The summed E-state index contributed by atoms with van der Waals surface area (Å²) in [6, 6.07) is 6.11. The molecular weight excluding hydrogens is 266 g/mol. The van der Waals surface area contributed by atoms with E-state index < -0.39 is 0 Å². The molecule has 4 heteroatoms. The summed E-state index contributed by atoms with van der Waals surface area (Å²) in [5.74, 6) is 1.03. The molecule has 1 aromatic heterocycles. The Balaban J connectivity index is 2.70. The highest BCUT2D eigenvalue weighted by molar-refractivity contribution is 9.10. The molecule has 3 nitrogen and oxygen atoms in total. The van der Waals surface area contributed by atoms with Crippen LogP contribution < -0.4 is 5.73 Å². The molecule has 0 saturated carbocycles. The standard InChI is InChI=1S/C12H16BrN3/c1-12(2,7-14)11-15-9-5-4-8(13)6-10(9)16(11)3/h4-6H,7,14H2,1-3H3. The van der Waals surface area contributed by atoms with Crippen molar-refractivity contribution in [2.24, 2.45) is 12.8 Å². The monoisotopic (exact) mass is 281 g/mol. The smallest absolute Gasteiger partial charge is 0.116 e. The van der Waals surface area contributed by atoms with Gasteiger partial charge in [0.15, 0.2) is 0 Å². The van der Waals surface area contributed by atoms with Crippen molar-refractivity contribution in [2.75, 3.05) is 6.54 Å². The Morgan fingerprint density at radius 3 is 2.75 bits per heavy atom. The predicted octanol–water partition coefficient (Wildman–Crippen LogP) is 2.57. The topological polar surface area (TPSA) is 43.8 Å². The molecule has 0 atom stereocenters. The van der Waals surface area contributed by atoms with Crippen molar-refractivity contribution in [3.63, 3.8) is 0 Å². The highest BCUT2D eigenvalue weighted by atomic mass is 79.9. The first kappa shape index (κ1) is 11.6. The average molecular weight is 282 g/mol. The van der Waals surface area contributed by atoms with Gasteiger partial charge in [-0.25, -0.2) is 4.98 Å². The van der Waals surface area contributed by atoms with Gasteiger partial charge in [0.05, 0.1) is 11.0 Å². The number of fused-ring (bicyclic) bond motifs is 1. The molecule has 0 radical (unpaired) electrons. The summed E-state index contributed by atoms with van der Waals surface area (Å²) in [5, 5.41) is 0. The lowest BCUT2D eigenvalue weighted by molar-refractivity contribution is 0.487. The lowest BCUT2D eigenvalue weighted by Gasteiger charge is -2.21. The quantitative estimate of drug-likeness (QED) is 0.920. The van der Waals surface area contributed by atoms with Crippen LogP contribution in [0.4, 0.5) is 0 Å². The number of imidazole rings is 1. The zero-order valence-electron chi connectivity index (χ0n) is 9.79. The fourth-order valence-corrected chi connectivity index (χ4v) is 2.21. The Morgan fingerprint density at radius 2 is 2.12 bits per heavy atom. The molecule has 1 heterocycles. The van der Waals surface area contributed by atoms with E-state index in [0.717, 1.165) is 21.3 Å². The van der Waals surface area contributed by atoms with Gasteiger partial charge in [-0.15, -0.1) is 0 Å². The molecule has 86 valence electrons. The second-order valence-corrected chi connectivity index (χ2v) is 5.63.